The predicted octanol–water partition coefficient (Wildman–Crippen LogP) is 3.99. The Labute approximate surface area is 149 Å². The maximum Gasteiger partial charge on any atom is 0.263 e. The van der Waals surface area contributed by atoms with Crippen molar-refractivity contribution in [1.82, 2.24) is 9.78 Å². The van der Waals surface area contributed by atoms with E-state index in [9.17, 15) is 9.18 Å². The standard InChI is InChI=1S/C18H15ClFN3O2/c1-12-9-17(23(22-12)14-6-4-5-13(19)10-14)21-18(24)11-25-16-8-3-2-7-15(16)20/h2-10H,11H2,1H3,(H,21,24). The minimum absolute atomic E-state index is 0.0252. The minimum atomic E-state index is -0.518. The molecule has 0 aliphatic heterocycles. The molecule has 0 radical (unpaired) electrons. The summed E-state index contributed by atoms with van der Waals surface area (Å²) in [6.07, 6.45) is 0. The lowest BCUT2D eigenvalue weighted by atomic mass is 10.3. The number of carbonyl (C=O) groups is 1. The fourth-order valence-electron chi connectivity index (χ4n) is 2.28. The topological polar surface area (TPSA) is 56.1 Å². The second kappa shape index (κ2) is 7.36. The second-order valence-corrected chi connectivity index (χ2v) is 5.77. The molecule has 1 N–H and O–H groups in total. The van der Waals surface area contributed by atoms with Gasteiger partial charge < -0.3 is 10.1 Å². The van der Waals surface area contributed by atoms with Gasteiger partial charge >= 0.3 is 0 Å². The monoisotopic (exact) mass is 359 g/mol. The third-order valence-electron chi connectivity index (χ3n) is 3.35. The average molecular weight is 360 g/mol. The van der Waals surface area contributed by atoms with Crippen LogP contribution in [-0.2, 0) is 4.79 Å². The summed E-state index contributed by atoms with van der Waals surface area (Å²) in [4.78, 5) is 12.1. The molecule has 0 spiro atoms. The molecule has 0 atom stereocenters. The van der Waals surface area contributed by atoms with E-state index in [1.165, 1.54) is 12.1 Å². The van der Waals surface area contributed by atoms with Crippen LogP contribution in [0.4, 0.5) is 10.2 Å². The summed E-state index contributed by atoms with van der Waals surface area (Å²) in [5.41, 5.74) is 1.44. The van der Waals surface area contributed by atoms with Gasteiger partial charge in [-0.25, -0.2) is 9.07 Å². The Kier molecular flexibility index (Phi) is 5.00. The van der Waals surface area contributed by atoms with Crippen LogP contribution in [0.25, 0.3) is 5.69 Å². The number of hydrogen-bond acceptors (Lipinski definition) is 3. The fraction of sp³-hybridized carbons (Fsp3) is 0.111. The lowest BCUT2D eigenvalue weighted by Crippen LogP contribution is -2.22. The maximum atomic E-state index is 13.5. The van der Waals surface area contributed by atoms with Gasteiger partial charge in [0.2, 0.25) is 0 Å². The molecule has 2 aromatic carbocycles. The zero-order chi connectivity index (χ0) is 17.8. The van der Waals surface area contributed by atoms with Gasteiger partial charge in [0.05, 0.1) is 11.4 Å². The summed E-state index contributed by atoms with van der Waals surface area (Å²) in [6, 6.07) is 14.7. The summed E-state index contributed by atoms with van der Waals surface area (Å²) in [5, 5.41) is 7.62. The van der Waals surface area contributed by atoms with Crippen molar-refractivity contribution in [2.24, 2.45) is 0 Å². The molecule has 0 aliphatic rings. The Morgan fingerprint density at radius 2 is 2.04 bits per heavy atom. The lowest BCUT2D eigenvalue weighted by Gasteiger charge is -2.10. The number of aryl methyl sites for hydroxylation is 1. The molecular weight excluding hydrogens is 345 g/mol. The molecular formula is C18H15ClFN3O2. The Morgan fingerprint density at radius 3 is 2.80 bits per heavy atom. The Hall–Kier alpha value is -2.86. The first-order valence-corrected chi connectivity index (χ1v) is 7.90. The quantitative estimate of drug-likeness (QED) is 0.749. The van der Waals surface area contributed by atoms with Crippen molar-refractivity contribution >= 4 is 23.3 Å². The summed E-state index contributed by atoms with van der Waals surface area (Å²) >= 11 is 6.01. The Balaban J connectivity index is 1.73. The molecule has 7 heteroatoms. The van der Waals surface area contributed by atoms with Gasteiger partial charge in [-0.1, -0.05) is 29.8 Å². The second-order valence-electron chi connectivity index (χ2n) is 5.33. The number of amides is 1. The Morgan fingerprint density at radius 1 is 1.24 bits per heavy atom. The highest BCUT2D eigenvalue weighted by atomic mass is 35.5. The van der Waals surface area contributed by atoms with E-state index in [1.807, 2.05) is 13.0 Å². The van der Waals surface area contributed by atoms with Gasteiger partial charge in [-0.3, -0.25) is 4.79 Å². The first-order chi connectivity index (χ1) is 12.0. The van der Waals surface area contributed by atoms with E-state index in [-0.39, 0.29) is 12.4 Å². The number of ether oxygens (including phenoxy) is 1. The van der Waals surface area contributed by atoms with Crippen LogP contribution in [0, 0.1) is 12.7 Å². The van der Waals surface area contributed by atoms with Gasteiger partial charge in [0, 0.05) is 11.1 Å². The molecule has 1 amide bonds. The molecule has 1 heterocycles. The largest absolute Gasteiger partial charge is 0.481 e. The molecule has 0 aliphatic carbocycles. The SMILES string of the molecule is Cc1cc(NC(=O)COc2ccccc2F)n(-c2cccc(Cl)c2)n1. The molecule has 3 aromatic rings. The molecule has 25 heavy (non-hydrogen) atoms. The lowest BCUT2D eigenvalue weighted by molar-refractivity contribution is -0.118. The number of benzene rings is 2. The normalized spacial score (nSPS) is 10.5. The molecule has 0 bridgehead atoms. The number of hydrogen-bond donors (Lipinski definition) is 1. The van der Waals surface area contributed by atoms with Crippen molar-refractivity contribution in [3.63, 3.8) is 0 Å². The van der Waals surface area contributed by atoms with Crippen molar-refractivity contribution in [1.29, 1.82) is 0 Å². The molecule has 0 saturated carbocycles. The van der Waals surface area contributed by atoms with E-state index in [1.54, 1.807) is 41.1 Å². The number of rotatable bonds is 5. The highest BCUT2D eigenvalue weighted by molar-refractivity contribution is 6.30. The zero-order valence-corrected chi connectivity index (χ0v) is 14.1. The van der Waals surface area contributed by atoms with Gasteiger partial charge in [-0.2, -0.15) is 5.10 Å². The van der Waals surface area contributed by atoms with Crippen LogP contribution < -0.4 is 10.1 Å². The molecule has 0 saturated heterocycles. The number of para-hydroxylation sites is 1. The minimum Gasteiger partial charge on any atom is -0.481 e. The summed E-state index contributed by atoms with van der Waals surface area (Å²) < 4.78 is 20.3. The van der Waals surface area contributed by atoms with Crippen LogP contribution in [0.1, 0.15) is 5.69 Å². The van der Waals surface area contributed by atoms with E-state index >= 15 is 0 Å². The molecule has 128 valence electrons. The van der Waals surface area contributed by atoms with Crippen molar-refractivity contribution in [3.8, 4) is 11.4 Å². The number of nitrogens with one attached hydrogen (secondary N) is 1. The fourth-order valence-corrected chi connectivity index (χ4v) is 2.46. The predicted molar refractivity (Wildman–Crippen MR) is 93.8 cm³/mol. The van der Waals surface area contributed by atoms with Crippen LogP contribution in [0.5, 0.6) is 5.75 Å². The molecule has 5 nitrogen and oxygen atoms in total. The first kappa shape index (κ1) is 17.0. The molecule has 0 fully saturated rings. The van der Waals surface area contributed by atoms with Crippen molar-refractivity contribution in [3.05, 3.63) is 71.1 Å². The Bertz CT molecular complexity index is 911. The number of nitrogens with zero attached hydrogens (tertiary/aromatic N) is 2. The van der Waals surface area contributed by atoms with E-state index in [4.69, 9.17) is 16.3 Å². The summed E-state index contributed by atoms with van der Waals surface area (Å²) in [5.74, 6) is -0.444. The van der Waals surface area contributed by atoms with E-state index in [2.05, 4.69) is 10.4 Å². The average Bonchev–Trinajstić information content (AvgIpc) is 2.94. The van der Waals surface area contributed by atoms with Crippen LogP contribution in [0.15, 0.2) is 54.6 Å². The van der Waals surface area contributed by atoms with Crippen LogP contribution in [0.2, 0.25) is 5.02 Å². The summed E-state index contributed by atoms with van der Waals surface area (Å²) in [6.45, 7) is 1.49. The van der Waals surface area contributed by atoms with E-state index in [0.29, 0.717) is 16.5 Å². The third kappa shape index (κ3) is 4.16. The number of aromatic nitrogens is 2. The zero-order valence-electron chi connectivity index (χ0n) is 13.4. The van der Waals surface area contributed by atoms with Gasteiger partial charge in [0.25, 0.3) is 5.91 Å². The number of anilines is 1. The smallest absolute Gasteiger partial charge is 0.263 e. The van der Waals surface area contributed by atoms with Crippen LogP contribution in [0.3, 0.4) is 0 Å². The van der Waals surface area contributed by atoms with Gasteiger partial charge in [-0.05, 0) is 37.3 Å². The van der Waals surface area contributed by atoms with Crippen molar-refractivity contribution in [2.75, 3.05) is 11.9 Å². The van der Waals surface area contributed by atoms with Crippen LogP contribution >= 0.6 is 11.6 Å². The third-order valence-corrected chi connectivity index (χ3v) is 3.58. The van der Waals surface area contributed by atoms with Crippen molar-refractivity contribution in [2.45, 2.75) is 6.92 Å². The maximum absolute atomic E-state index is 13.5. The highest BCUT2D eigenvalue weighted by Crippen LogP contribution is 2.20. The van der Waals surface area contributed by atoms with Crippen molar-refractivity contribution < 1.29 is 13.9 Å². The first-order valence-electron chi connectivity index (χ1n) is 7.53. The van der Waals surface area contributed by atoms with E-state index in [0.717, 1.165) is 5.69 Å². The van der Waals surface area contributed by atoms with Gasteiger partial charge in [0.15, 0.2) is 18.2 Å². The number of carbonyl (C=O) groups excluding carboxylic acids is 1. The highest BCUT2D eigenvalue weighted by Gasteiger charge is 2.12. The molecule has 3 rings (SSSR count). The van der Waals surface area contributed by atoms with E-state index < -0.39 is 11.7 Å². The molecule has 0 unspecified atom stereocenters. The molecule has 1 aromatic heterocycles. The van der Waals surface area contributed by atoms with Gasteiger partial charge in [-0.15, -0.1) is 0 Å². The van der Waals surface area contributed by atoms with Crippen LogP contribution in [-0.4, -0.2) is 22.3 Å². The number of halogens is 2. The summed E-state index contributed by atoms with van der Waals surface area (Å²) in [7, 11) is 0. The van der Waals surface area contributed by atoms with Gasteiger partial charge in [0.1, 0.15) is 5.82 Å².